The van der Waals surface area contributed by atoms with Crippen LogP contribution in [0.4, 0.5) is 0 Å². The molecule has 0 saturated heterocycles. The van der Waals surface area contributed by atoms with E-state index in [1.165, 1.54) is 0 Å². The third-order valence-corrected chi connectivity index (χ3v) is 2.93. The Morgan fingerprint density at radius 2 is 2.18 bits per heavy atom. The first kappa shape index (κ1) is 13.7. The van der Waals surface area contributed by atoms with Gasteiger partial charge in [0.2, 0.25) is 0 Å². The number of aryl methyl sites for hydroxylation is 1. The zero-order chi connectivity index (χ0) is 13.1. The number of amides is 1. The van der Waals surface area contributed by atoms with Gasteiger partial charge in [0.15, 0.2) is 0 Å². The van der Waals surface area contributed by atoms with Crippen molar-refractivity contribution in [3.63, 3.8) is 0 Å². The fourth-order valence-corrected chi connectivity index (χ4v) is 1.64. The fraction of sp³-hybridized carbons (Fsp3) is 0.385. The minimum atomic E-state index is -0.546. The summed E-state index contributed by atoms with van der Waals surface area (Å²) in [6.07, 6.45) is 0. The van der Waals surface area contributed by atoms with Crippen molar-refractivity contribution >= 4 is 21.8 Å². The van der Waals surface area contributed by atoms with Crippen LogP contribution in [0.5, 0.6) is 0 Å². The molecule has 1 aromatic rings. The van der Waals surface area contributed by atoms with E-state index in [1.807, 2.05) is 19.1 Å². The first-order valence-corrected chi connectivity index (χ1v) is 6.10. The van der Waals surface area contributed by atoms with Crippen molar-refractivity contribution in [2.75, 3.05) is 6.54 Å². The third kappa shape index (κ3) is 3.86. The van der Waals surface area contributed by atoms with Crippen LogP contribution >= 0.6 is 15.9 Å². The Kier molecular flexibility index (Phi) is 4.30. The highest BCUT2D eigenvalue weighted by atomic mass is 79.9. The second-order valence-corrected chi connectivity index (χ2v) is 5.55. The molecule has 0 atom stereocenters. The number of nitrogens with zero attached hydrogens (tertiary/aromatic N) is 1. The summed E-state index contributed by atoms with van der Waals surface area (Å²) in [7, 11) is 0. The van der Waals surface area contributed by atoms with Crippen LogP contribution in [0.1, 0.15) is 29.8 Å². The quantitative estimate of drug-likeness (QED) is 0.931. The Morgan fingerprint density at radius 3 is 2.76 bits per heavy atom. The van der Waals surface area contributed by atoms with E-state index in [0.717, 1.165) is 10.0 Å². The highest BCUT2D eigenvalue weighted by molar-refractivity contribution is 9.10. The lowest BCUT2D eigenvalue weighted by atomic mass is 9.96. The predicted molar refractivity (Wildman–Crippen MR) is 70.6 cm³/mol. The monoisotopic (exact) mass is 294 g/mol. The minimum Gasteiger partial charge on any atom is -0.350 e. The third-order valence-electron chi connectivity index (χ3n) is 2.44. The number of rotatable bonds is 3. The molecule has 0 heterocycles. The van der Waals surface area contributed by atoms with E-state index >= 15 is 0 Å². The SMILES string of the molecule is Cc1ccc(Br)cc1C(=O)NCC(C)(C)C#N. The van der Waals surface area contributed by atoms with Gasteiger partial charge in [0, 0.05) is 16.6 Å². The number of nitrogens with one attached hydrogen (secondary N) is 1. The lowest BCUT2D eigenvalue weighted by Gasteiger charge is -2.16. The highest BCUT2D eigenvalue weighted by Gasteiger charge is 2.18. The Morgan fingerprint density at radius 1 is 1.53 bits per heavy atom. The molecule has 0 radical (unpaired) electrons. The Labute approximate surface area is 110 Å². The van der Waals surface area contributed by atoms with Crippen molar-refractivity contribution in [1.29, 1.82) is 5.26 Å². The summed E-state index contributed by atoms with van der Waals surface area (Å²) >= 11 is 3.34. The van der Waals surface area contributed by atoms with E-state index in [1.54, 1.807) is 19.9 Å². The van der Waals surface area contributed by atoms with Crippen molar-refractivity contribution in [2.24, 2.45) is 5.41 Å². The van der Waals surface area contributed by atoms with Gasteiger partial charge in [-0.2, -0.15) is 5.26 Å². The van der Waals surface area contributed by atoms with E-state index in [9.17, 15) is 4.79 Å². The molecule has 1 aromatic carbocycles. The molecule has 1 amide bonds. The number of hydrogen-bond donors (Lipinski definition) is 1. The summed E-state index contributed by atoms with van der Waals surface area (Å²) in [4.78, 5) is 11.9. The van der Waals surface area contributed by atoms with Gasteiger partial charge in [-0.3, -0.25) is 4.79 Å². The number of carbonyl (C=O) groups excluding carboxylic acids is 1. The minimum absolute atomic E-state index is 0.146. The largest absolute Gasteiger partial charge is 0.350 e. The van der Waals surface area contributed by atoms with Crippen LogP contribution in [0.25, 0.3) is 0 Å². The van der Waals surface area contributed by atoms with Crippen LogP contribution in [0.3, 0.4) is 0 Å². The van der Waals surface area contributed by atoms with Crippen LogP contribution in [-0.4, -0.2) is 12.5 Å². The van der Waals surface area contributed by atoms with Crippen LogP contribution in [0.2, 0.25) is 0 Å². The molecule has 0 aliphatic heterocycles. The molecule has 0 aliphatic carbocycles. The highest BCUT2D eigenvalue weighted by Crippen LogP contribution is 2.17. The van der Waals surface area contributed by atoms with Gasteiger partial charge in [-0.25, -0.2) is 0 Å². The van der Waals surface area contributed by atoms with Crippen LogP contribution in [-0.2, 0) is 0 Å². The summed E-state index contributed by atoms with van der Waals surface area (Å²) in [6.45, 7) is 5.81. The summed E-state index contributed by atoms with van der Waals surface area (Å²) in [5.74, 6) is -0.146. The lowest BCUT2D eigenvalue weighted by Crippen LogP contribution is -2.33. The molecule has 0 saturated carbocycles. The van der Waals surface area contributed by atoms with Crippen molar-refractivity contribution in [3.05, 3.63) is 33.8 Å². The molecule has 0 aromatic heterocycles. The van der Waals surface area contributed by atoms with Crippen molar-refractivity contribution < 1.29 is 4.79 Å². The molecular weight excluding hydrogens is 280 g/mol. The molecule has 0 unspecified atom stereocenters. The zero-order valence-electron chi connectivity index (χ0n) is 10.2. The average molecular weight is 295 g/mol. The van der Waals surface area contributed by atoms with Crippen LogP contribution in [0, 0.1) is 23.7 Å². The number of carbonyl (C=O) groups is 1. The van der Waals surface area contributed by atoms with Gasteiger partial charge in [-0.15, -0.1) is 0 Å². The summed E-state index contributed by atoms with van der Waals surface area (Å²) in [6, 6.07) is 7.71. The summed E-state index contributed by atoms with van der Waals surface area (Å²) in [5, 5.41) is 11.6. The number of hydrogen-bond acceptors (Lipinski definition) is 2. The van der Waals surface area contributed by atoms with E-state index in [-0.39, 0.29) is 5.91 Å². The van der Waals surface area contributed by atoms with Crippen molar-refractivity contribution in [1.82, 2.24) is 5.32 Å². The standard InChI is InChI=1S/C13H15BrN2O/c1-9-4-5-10(14)6-11(9)12(17)16-8-13(2,3)7-15/h4-6H,8H2,1-3H3,(H,16,17). The number of halogens is 1. The molecule has 1 rings (SSSR count). The van der Waals surface area contributed by atoms with E-state index in [2.05, 4.69) is 27.3 Å². The van der Waals surface area contributed by atoms with E-state index in [4.69, 9.17) is 5.26 Å². The van der Waals surface area contributed by atoms with E-state index < -0.39 is 5.41 Å². The molecule has 0 bridgehead atoms. The maximum absolute atomic E-state index is 11.9. The van der Waals surface area contributed by atoms with E-state index in [0.29, 0.717) is 12.1 Å². The Hall–Kier alpha value is -1.34. The lowest BCUT2D eigenvalue weighted by molar-refractivity contribution is 0.0943. The zero-order valence-corrected chi connectivity index (χ0v) is 11.8. The van der Waals surface area contributed by atoms with Crippen molar-refractivity contribution in [3.8, 4) is 6.07 Å². The fourth-order valence-electron chi connectivity index (χ4n) is 1.27. The molecule has 17 heavy (non-hydrogen) atoms. The van der Waals surface area contributed by atoms with Crippen LogP contribution < -0.4 is 5.32 Å². The first-order chi connectivity index (χ1) is 7.85. The molecule has 0 aliphatic rings. The molecular formula is C13H15BrN2O. The number of benzene rings is 1. The van der Waals surface area contributed by atoms with Gasteiger partial charge in [0.05, 0.1) is 11.5 Å². The Balaban J connectivity index is 2.78. The smallest absolute Gasteiger partial charge is 0.251 e. The molecule has 0 fully saturated rings. The van der Waals surface area contributed by atoms with Gasteiger partial charge in [-0.05, 0) is 38.5 Å². The van der Waals surface area contributed by atoms with Crippen molar-refractivity contribution in [2.45, 2.75) is 20.8 Å². The average Bonchev–Trinajstić information content (AvgIpc) is 2.29. The number of nitriles is 1. The first-order valence-electron chi connectivity index (χ1n) is 5.31. The summed E-state index contributed by atoms with van der Waals surface area (Å²) in [5.41, 5.74) is 1.00. The summed E-state index contributed by atoms with van der Waals surface area (Å²) < 4.78 is 0.868. The molecule has 90 valence electrons. The van der Waals surface area contributed by atoms with Gasteiger partial charge in [0.1, 0.15) is 0 Å². The second-order valence-electron chi connectivity index (χ2n) is 4.64. The molecule has 1 N–H and O–H groups in total. The maximum atomic E-state index is 11.9. The second kappa shape index (κ2) is 5.33. The normalized spacial score (nSPS) is 10.8. The topological polar surface area (TPSA) is 52.9 Å². The van der Waals surface area contributed by atoms with Gasteiger partial charge < -0.3 is 5.32 Å². The molecule has 0 spiro atoms. The predicted octanol–water partition coefficient (Wildman–Crippen LogP) is 3.04. The van der Waals surface area contributed by atoms with Crippen LogP contribution in [0.15, 0.2) is 22.7 Å². The Bertz CT molecular complexity index is 475. The molecule has 4 heteroatoms. The maximum Gasteiger partial charge on any atom is 0.251 e. The van der Waals surface area contributed by atoms with Gasteiger partial charge in [-0.1, -0.05) is 22.0 Å². The molecule has 3 nitrogen and oxygen atoms in total. The van der Waals surface area contributed by atoms with Gasteiger partial charge >= 0.3 is 0 Å². The van der Waals surface area contributed by atoms with Gasteiger partial charge in [0.25, 0.3) is 5.91 Å².